The highest BCUT2D eigenvalue weighted by atomic mass is 15.3. The third kappa shape index (κ3) is 5.23. The monoisotopic (exact) mass is 479 g/mol. The van der Waals surface area contributed by atoms with Crippen molar-refractivity contribution in [3.8, 4) is 0 Å². The molecule has 0 unspecified atom stereocenters. The summed E-state index contributed by atoms with van der Waals surface area (Å²) < 4.78 is 2.45. The number of nitrogens with zero attached hydrogens (tertiary/aromatic N) is 5. The number of anilines is 1. The summed E-state index contributed by atoms with van der Waals surface area (Å²) >= 11 is 0. The largest absolute Gasteiger partial charge is 0.368 e. The van der Waals surface area contributed by atoms with Gasteiger partial charge in [-0.2, -0.15) is 4.98 Å². The molecular weight excluding hydrogens is 434 g/mol. The van der Waals surface area contributed by atoms with Gasteiger partial charge in [0, 0.05) is 69.1 Å². The Morgan fingerprint density at radius 1 is 0.943 bits per heavy atom. The normalized spacial score (nSPS) is 25.8. The first-order chi connectivity index (χ1) is 17.2. The molecule has 2 aromatic rings. The lowest BCUT2D eigenvalue weighted by Crippen LogP contribution is -2.51. The van der Waals surface area contributed by atoms with Crippen molar-refractivity contribution in [3.05, 3.63) is 18.0 Å². The van der Waals surface area contributed by atoms with Crippen LogP contribution in [0.5, 0.6) is 0 Å². The van der Waals surface area contributed by atoms with Crippen LogP contribution in [-0.4, -0.2) is 69.6 Å². The standard InChI is InChI=1S/C14H19N5.C14H26N2/c15-13-17-7-10-6-11-8-16-9-14(4-2-1-3-5-14)19(11)12(10)18-13;1-2-4-14(5-3-1)16-10-8-15(9-11-16)12-13-6-7-13/h6-7,16H,1-5,8-9H2,(H2,15,17,18);13-14H,1-12H2. The number of hydrogen-bond donors (Lipinski definition) is 2. The molecule has 7 heteroatoms. The number of nitrogens with two attached hydrogens (primary N) is 1. The van der Waals surface area contributed by atoms with Gasteiger partial charge in [-0.1, -0.05) is 38.5 Å². The van der Waals surface area contributed by atoms with Crippen LogP contribution in [0.4, 0.5) is 5.95 Å². The van der Waals surface area contributed by atoms with Crippen LogP contribution in [0.3, 0.4) is 0 Å². The van der Waals surface area contributed by atoms with E-state index in [-0.39, 0.29) is 5.54 Å². The van der Waals surface area contributed by atoms with E-state index in [2.05, 4.69) is 35.7 Å². The van der Waals surface area contributed by atoms with Crippen LogP contribution >= 0.6 is 0 Å². The van der Waals surface area contributed by atoms with Gasteiger partial charge in [0.2, 0.25) is 5.95 Å². The van der Waals surface area contributed by atoms with Crippen molar-refractivity contribution in [1.82, 2.24) is 29.7 Å². The lowest BCUT2D eigenvalue weighted by atomic mass is 9.80. The van der Waals surface area contributed by atoms with E-state index in [0.717, 1.165) is 36.1 Å². The van der Waals surface area contributed by atoms with Crippen molar-refractivity contribution in [2.24, 2.45) is 5.92 Å². The topological polar surface area (TPSA) is 75.2 Å². The molecule has 7 rings (SSSR count). The predicted octanol–water partition coefficient (Wildman–Crippen LogP) is 4.12. The molecule has 0 radical (unpaired) electrons. The quantitative estimate of drug-likeness (QED) is 0.690. The Morgan fingerprint density at radius 3 is 2.43 bits per heavy atom. The summed E-state index contributed by atoms with van der Waals surface area (Å²) in [4.78, 5) is 14.1. The molecule has 1 saturated heterocycles. The summed E-state index contributed by atoms with van der Waals surface area (Å²) in [6.07, 6.45) is 18.7. The molecule has 2 aliphatic heterocycles. The van der Waals surface area contributed by atoms with E-state index in [1.54, 1.807) is 0 Å². The zero-order chi connectivity index (χ0) is 23.7. The van der Waals surface area contributed by atoms with E-state index in [1.807, 2.05) is 6.20 Å². The molecular formula is C28H45N7. The van der Waals surface area contributed by atoms with Crippen LogP contribution in [0.15, 0.2) is 12.3 Å². The van der Waals surface area contributed by atoms with Crippen molar-refractivity contribution in [1.29, 1.82) is 0 Å². The molecule has 5 aliphatic rings. The number of aromatic nitrogens is 3. The Labute approximate surface area is 210 Å². The van der Waals surface area contributed by atoms with Crippen LogP contribution in [0, 0.1) is 5.92 Å². The molecule has 3 aliphatic carbocycles. The summed E-state index contributed by atoms with van der Waals surface area (Å²) in [5.74, 6) is 1.44. The van der Waals surface area contributed by atoms with E-state index in [9.17, 15) is 0 Å². The number of hydrogen-bond acceptors (Lipinski definition) is 6. The molecule has 1 spiro atoms. The summed E-state index contributed by atoms with van der Waals surface area (Å²) in [6, 6.07) is 3.15. The van der Waals surface area contributed by atoms with Crippen LogP contribution in [-0.2, 0) is 12.1 Å². The zero-order valence-electron chi connectivity index (χ0n) is 21.6. The van der Waals surface area contributed by atoms with Crippen LogP contribution < -0.4 is 11.1 Å². The van der Waals surface area contributed by atoms with Crippen molar-refractivity contribution < 1.29 is 0 Å². The molecule has 4 fully saturated rings. The smallest absolute Gasteiger partial charge is 0.221 e. The molecule has 0 atom stereocenters. The fourth-order valence-corrected chi connectivity index (χ4v) is 7.25. The number of fused-ring (bicyclic) bond motifs is 4. The first-order valence-corrected chi connectivity index (χ1v) is 14.5. The lowest BCUT2D eigenvalue weighted by Gasteiger charge is -2.43. The second-order valence-corrected chi connectivity index (χ2v) is 11.9. The van der Waals surface area contributed by atoms with Gasteiger partial charge in [0.1, 0.15) is 5.65 Å². The molecule has 0 aromatic carbocycles. The molecule has 0 bridgehead atoms. The van der Waals surface area contributed by atoms with Crippen molar-refractivity contribution in [2.75, 3.05) is 45.0 Å². The molecule has 4 heterocycles. The highest BCUT2D eigenvalue weighted by Crippen LogP contribution is 2.40. The van der Waals surface area contributed by atoms with E-state index in [0.29, 0.717) is 5.95 Å². The van der Waals surface area contributed by atoms with Crippen molar-refractivity contribution in [3.63, 3.8) is 0 Å². The molecule has 0 amide bonds. The third-order valence-corrected chi connectivity index (χ3v) is 9.37. The average molecular weight is 480 g/mol. The van der Waals surface area contributed by atoms with E-state index in [4.69, 9.17) is 5.73 Å². The zero-order valence-corrected chi connectivity index (χ0v) is 21.6. The Morgan fingerprint density at radius 2 is 1.69 bits per heavy atom. The Kier molecular flexibility index (Phi) is 7.00. The molecule has 3 N–H and O–H groups in total. The molecule has 2 aromatic heterocycles. The van der Waals surface area contributed by atoms with Gasteiger partial charge in [-0.05, 0) is 50.5 Å². The SMILES string of the molecule is C1CCC(N2CCN(CC3CC3)CC2)CC1.Nc1ncc2cc3n(c2n1)C1(CCCCC1)CNC3. The average Bonchev–Trinajstić information content (AvgIpc) is 3.63. The fourth-order valence-electron chi connectivity index (χ4n) is 7.25. The number of rotatable bonds is 3. The van der Waals surface area contributed by atoms with Gasteiger partial charge < -0.3 is 20.5 Å². The number of nitrogens with one attached hydrogen (secondary N) is 1. The van der Waals surface area contributed by atoms with Crippen LogP contribution in [0.1, 0.15) is 82.7 Å². The summed E-state index contributed by atoms with van der Waals surface area (Å²) in [5, 5.41) is 4.69. The number of nitrogen functional groups attached to an aromatic ring is 1. The number of piperazine rings is 1. The fraction of sp³-hybridized carbons (Fsp3) is 0.786. The first-order valence-electron chi connectivity index (χ1n) is 14.5. The van der Waals surface area contributed by atoms with Crippen LogP contribution in [0.25, 0.3) is 11.0 Å². The predicted molar refractivity (Wildman–Crippen MR) is 142 cm³/mol. The minimum atomic E-state index is 0.203. The maximum absolute atomic E-state index is 5.78. The van der Waals surface area contributed by atoms with Crippen LogP contribution in [0.2, 0.25) is 0 Å². The molecule has 7 nitrogen and oxygen atoms in total. The molecule has 192 valence electrons. The van der Waals surface area contributed by atoms with Gasteiger partial charge in [0.15, 0.2) is 0 Å². The van der Waals surface area contributed by atoms with Crippen molar-refractivity contribution in [2.45, 2.75) is 95.2 Å². The Hall–Kier alpha value is -1.70. The Bertz CT molecular complexity index is 977. The summed E-state index contributed by atoms with van der Waals surface area (Å²) in [7, 11) is 0. The van der Waals surface area contributed by atoms with Gasteiger partial charge >= 0.3 is 0 Å². The van der Waals surface area contributed by atoms with Crippen molar-refractivity contribution >= 4 is 17.0 Å². The van der Waals surface area contributed by atoms with Gasteiger partial charge in [0.05, 0.1) is 5.54 Å². The van der Waals surface area contributed by atoms with E-state index < -0.39 is 0 Å². The highest BCUT2D eigenvalue weighted by Gasteiger charge is 2.38. The highest BCUT2D eigenvalue weighted by molar-refractivity contribution is 5.78. The summed E-state index contributed by atoms with van der Waals surface area (Å²) in [6.45, 7) is 8.74. The maximum atomic E-state index is 5.78. The van der Waals surface area contributed by atoms with E-state index in [1.165, 1.54) is 115 Å². The van der Waals surface area contributed by atoms with Gasteiger partial charge in [-0.25, -0.2) is 4.98 Å². The Balaban J connectivity index is 0.000000133. The maximum Gasteiger partial charge on any atom is 0.221 e. The minimum Gasteiger partial charge on any atom is -0.368 e. The molecule has 3 saturated carbocycles. The first kappa shape index (κ1) is 23.7. The van der Waals surface area contributed by atoms with Gasteiger partial charge in [0.25, 0.3) is 0 Å². The van der Waals surface area contributed by atoms with Gasteiger partial charge in [-0.15, -0.1) is 0 Å². The minimum absolute atomic E-state index is 0.203. The second-order valence-electron chi connectivity index (χ2n) is 11.9. The van der Waals surface area contributed by atoms with Gasteiger partial charge in [-0.3, -0.25) is 4.90 Å². The third-order valence-electron chi connectivity index (χ3n) is 9.37. The lowest BCUT2D eigenvalue weighted by molar-refractivity contribution is 0.0768. The summed E-state index contributed by atoms with van der Waals surface area (Å²) in [5.41, 5.74) is 8.33. The molecule has 35 heavy (non-hydrogen) atoms. The second kappa shape index (κ2) is 10.3. The van der Waals surface area contributed by atoms with E-state index >= 15 is 0 Å².